The third-order valence-corrected chi connectivity index (χ3v) is 13.1. The fourth-order valence-electron chi connectivity index (χ4n) is 8.81. The highest BCUT2D eigenvalue weighted by atomic mass is 16.5. The second kappa shape index (κ2) is 41.5. The van der Waals surface area contributed by atoms with Crippen molar-refractivity contribution in [3.63, 3.8) is 0 Å². The van der Waals surface area contributed by atoms with Crippen LogP contribution in [0.4, 0.5) is 0 Å². The number of esters is 2. The van der Waals surface area contributed by atoms with Crippen LogP contribution in [0.5, 0.6) is 0 Å². The molecule has 9 heteroatoms. The SMILES string of the molecule is CCCCCCCCC(CCCCCCCC)OC(=O)CCCCCCCN(CCCCCCCC(=O)OCCC(CCCC)CCCC)CCCNC(=O)C1CN(C(C)=O)C1. The Morgan fingerprint density at radius 1 is 0.532 bits per heavy atom. The number of likely N-dealkylation sites (tertiary alicyclic amines) is 1. The molecule has 0 unspecified atom stereocenters. The van der Waals surface area contributed by atoms with Crippen molar-refractivity contribution < 1.29 is 28.7 Å². The van der Waals surface area contributed by atoms with Crippen LogP contribution in [0.3, 0.4) is 0 Å². The zero-order valence-electron chi connectivity index (χ0n) is 41.6. The van der Waals surface area contributed by atoms with Gasteiger partial charge in [-0.3, -0.25) is 19.2 Å². The van der Waals surface area contributed by atoms with Gasteiger partial charge < -0.3 is 24.6 Å². The monoisotopic (exact) mass is 876 g/mol. The van der Waals surface area contributed by atoms with Gasteiger partial charge in [-0.15, -0.1) is 0 Å². The van der Waals surface area contributed by atoms with Crippen LogP contribution in [0.25, 0.3) is 0 Å². The summed E-state index contributed by atoms with van der Waals surface area (Å²) < 4.78 is 11.7. The van der Waals surface area contributed by atoms with Gasteiger partial charge in [0.1, 0.15) is 6.10 Å². The Labute approximate surface area is 383 Å². The summed E-state index contributed by atoms with van der Waals surface area (Å²) in [4.78, 5) is 53.6. The van der Waals surface area contributed by atoms with Crippen molar-refractivity contribution in [2.75, 3.05) is 45.9 Å². The lowest BCUT2D eigenvalue weighted by molar-refractivity contribution is -0.150. The number of nitrogens with zero attached hydrogens (tertiary/aromatic N) is 2. The van der Waals surface area contributed by atoms with E-state index in [0.29, 0.717) is 45.0 Å². The minimum absolute atomic E-state index is 0.00248. The molecule has 0 radical (unpaired) electrons. The molecule has 0 spiro atoms. The van der Waals surface area contributed by atoms with Crippen molar-refractivity contribution in [3.05, 3.63) is 0 Å². The topological polar surface area (TPSA) is 105 Å². The molecule has 0 bridgehead atoms. The van der Waals surface area contributed by atoms with Crippen molar-refractivity contribution in [3.8, 4) is 0 Å². The molecule has 0 aromatic rings. The summed E-state index contributed by atoms with van der Waals surface area (Å²) >= 11 is 0. The fraction of sp³-hybridized carbons (Fsp3) is 0.925. The number of hydrogen-bond acceptors (Lipinski definition) is 7. The molecule has 0 aliphatic carbocycles. The Morgan fingerprint density at radius 2 is 0.984 bits per heavy atom. The molecule has 1 heterocycles. The Bertz CT molecular complexity index is 1060. The number of ether oxygens (including phenoxy) is 2. The summed E-state index contributed by atoms with van der Waals surface area (Å²) in [6.45, 7) is 15.9. The van der Waals surface area contributed by atoms with E-state index in [1.165, 1.54) is 116 Å². The number of carbonyl (C=O) groups excluding carboxylic acids is 4. The van der Waals surface area contributed by atoms with Crippen LogP contribution in [-0.4, -0.2) is 85.5 Å². The van der Waals surface area contributed by atoms with E-state index in [4.69, 9.17) is 9.47 Å². The Kier molecular flexibility index (Phi) is 38.8. The first-order valence-corrected chi connectivity index (χ1v) is 26.8. The van der Waals surface area contributed by atoms with Crippen molar-refractivity contribution >= 4 is 23.8 Å². The van der Waals surface area contributed by atoms with Gasteiger partial charge in [0.25, 0.3) is 0 Å². The van der Waals surface area contributed by atoms with Crippen LogP contribution < -0.4 is 5.32 Å². The highest BCUT2D eigenvalue weighted by molar-refractivity contribution is 5.83. The molecule has 364 valence electrons. The minimum Gasteiger partial charge on any atom is -0.466 e. The molecular formula is C53H101N3O6. The highest BCUT2D eigenvalue weighted by Crippen LogP contribution is 2.21. The Balaban J connectivity index is 2.39. The van der Waals surface area contributed by atoms with Gasteiger partial charge in [0.15, 0.2) is 0 Å². The second-order valence-electron chi connectivity index (χ2n) is 19.0. The maximum atomic E-state index is 12.9. The van der Waals surface area contributed by atoms with E-state index in [1.54, 1.807) is 11.8 Å². The van der Waals surface area contributed by atoms with Gasteiger partial charge >= 0.3 is 11.9 Å². The average Bonchev–Trinajstić information content (AvgIpc) is 3.23. The molecule has 1 fully saturated rings. The largest absolute Gasteiger partial charge is 0.466 e. The van der Waals surface area contributed by atoms with Gasteiger partial charge in [0.2, 0.25) is 11.8 Å². The summed E-state index contributed by atoms with van der Waals surface area (Å²) in [6.07, 6.45) is 38.6. The molecule has 0 atom stereocenters. The first-order chi connectivity index (χ1) is 30.2. The fourth-order valence-corrected chi connectivity index (χ4v) is 8.81. The van der Waals surface area contributed by atoms with Gasteiger partial charge in [-0.1, -0.05) is 169 Å². The lowest BCUT2D eigenvalue weighted by atomic mass is 9.93. The lowest BCUT2D eigenvalue weighted by Crippen LogP contribution is -2.55. The number of carbonyl (C=O) groups is 4. The third kappa shape index (κ3) is 33.4. The van der Waals surface area contributed by atoms with Crippen LogP contribution in [0.1, 0.15) is 253 Å². The van der Waals surface area contributed by atoms with Gasteiger partial charge in [0, 0.05) is 39.4 Å². The predicted molar refractivity (Wildman–Crippen MR) is 259 cm³/mol. The molecule has 62 heavy (non-hydrogen) atoms. The first kappa shape index (κ1) is 57.9. The number of hydrogen-bond donors (Lipinski definition) is 1. The van der Waals surface area contributed by atoms with E-state index in [2.05, 4.69) is 37.9 Å². The second-order valence-corrected chi connectivity index (χ2v) is 19.0. The van der Waals surface area contributed by atoms with E-state index in [-0.39, 0.29) is 35.8 Å². The van der Waals surface area contributed by atoms with Crippen LogP contribution in [0, 0.1) is 11.8 Å². The molecule has 1 aliphatic rings. The Hall–Kier alpha value is -2.16. The van der Waals surface area contributed by atoms with E-state index in [1.807, 2.05) is 0 Å². The van der Waals surface area contributed by atoms with E-state index < -0.39 is 0 Å². The van der Waals surface area contributed by atoms with Crippen molar-refractivity contribution in [1.29, 1.82) is 0 Å². The number of nitrogens with one attached hydrogen (secondary N) is 1. The molecular weight excluding hydrogens is 775 g/mol. The van der Waals surface area contributed by atoms with Crippen LogP contribution in [0.2, 0.25) is 0 Å². The molecule has 1 N–H and O–H groups in total. The average molecular weight is 876 g/mol. The van der Waals surface area contributed by atoms with E-state index >= 15 is 0 Å². The summed E-state index contributed by atoms with van der Waals surface area (Å²) in [7, 11) is 0. The molecule has 1 saturated heterocycles. The molecule has 2 amide bonds. The molecule has 0 aromatic carbocycles. The first-order valence-electron chi connectivity index (χ1n) is 26.8. The van der Waals surface area contributed by atoms with Gasteiger partial charge in [0.05, 0.1) is 12.5 Å². The molecule has 0 aromatic heterocycles. The maximum absolute atomic E-state index is 12.9. The summed E-state index contributed by atoms with van der Waals surface area (Å²) in [6, 6.07) is 0. The zero-order valence-corrected chi connectivity index (χ0v) is 41.6. The quantitative estimate of drug-likeness (QED) is 0.0480. The predicted octanol–water partition coefficient (Wildman–Crippen LogP) is 13.3. The number of unbranched alkanes of at least 4 members (excludes halogenated alkanes) is 20. The smallest absolute Gasteiger partial charge is 0.306 e. The Morgan fingerprint density at radius 3 is 1.50 bits per heavy atom. The minimum atomic E-state index is -0.0752. The van der Waals surface area contributed by atoms with Crippen LogP contribution in [-0.2, 0) is 28.7 Å². The lowest BCUT2D eigenvalue weighted by Gasteiger charge is -2.37. The molecule has 1 aliphatic heterocycles. The highest BCUT2D eigenvalue weighted by Gasteiger charge is 2.33. The van der Waals surface area contributed by atoms with E-state index in [9.17, 15) is 19.2 Å². The number of rotatable bonds is 45. The van der Waals surface area contributed by atoms with E-state index in [0.717, 1.165) is 110 Å². The van der Waals surface area contributed by atoms with Crippen molar-refractivity contribution in [1.82, 2.24) is 15.1 Å². The summed E-state index contributed by atoms with van der Waals surface area (Å²) in [5.41, 5.74) is 0. The zero-order chi connectivity index (χ0) is 45.3. The molecule has 9 nitrogen and oxygen atoms in total. The van der Waals surface area contributed by atoms with Crippen LogP contribution >= 0.6 is 0 Å². The standard InChI is InChI=1S/C53H101N3O6/c1-6-10-14-16-20-26-35-50(36-27-21-17-15-11-7-2)62-52(59)38-29-23-19-25-31-42-55(43-32-40-54-53(60)49-45-56(46-49)47(5)57)41-30-24-18-22-28-37-51(58)61-44-39-48(33-12-8-3)34-13-9-4/h48-50H,6-46H2,1-5H3,(H,54,60). The van der Waals surface area contributed by atoms with Crippen molar-refractivity contribution in [2.45, 2.75) is 259 Å². The maximum Gasteiger partial charge on any atom is 0.306 e. The van der Waals surface area contributed by atoms with Gasteiger partial charge in [-0.25, -0.2) is 0 Å². The number of amides is 2. The van der Waals surface area contributed by atoms with Crippen molar-refractivity contribution in [2.24, 2.45) is 11.8 Å². The van der Waals surface area contributed by atoms with Gasteiger partial charge in [-0.05, 0) is 89.8 Å². The summed E-state index contributed by atoms with van der Waals surface area (Å²) in [5, 5.41) is 3.10. The van der Waals surface area contributed by atoms with Crippen LogP contribution in [0.15, 0.2) is 0 Å². The van der Waals surface area contributed by atoms with Gasteiger partial charge in [-0.2, -0.15) is 0 Å². The summed E-state index contributed by atoms with van der Waals surface area (Å²) in [5.74, 6) is 0.684. The molecule has 0 saturated carbocycles. The normalized spacial score (nSPS) is 13.0. The molecule has 1 rings (SSSR count). The third-order valence-electron chi connectivity index (χ3n) is 13.1.